The predicted octanol–water partition coefficient (Wildman–Crippen LogP) is 1.02. The van der Waals surface area contributed by atoms with Crippen molar-refractivity contribution in [1.82, 2.24) is 0 Å². The molecule has 0 amide bonds. The summed E-state index contributed by atoms with van der Waals surface area (Å²) < 4.78 is 5.21. The van der Waals surface area contributed by atoms with Crippen LogP contribution in [0, 0.1) is 11.3 Å². The fourth-order valence-electron chi connectivity index (χ4n) is 1.41. The van der Waals surface area contributed by atoms with Crippen molar-refractivity contribution in [2.45, 2.75) is 6.10 Å². The van der Waals surface area contributed by atoms with Crippen molar-refractivity contribution >= 4 is 0 Å². The maximum Gasteiger partial charge on any atom is 0.146 e. The first-order chi connectivity index (χ1) is 6.72. The van der Waals surface area contributed by atoms with Crippen LogP contribution in [0.25, 0.3) is 0 Å². The van der Waals surface area contributed by atoms with E-state index in [2.05, 4.69) is 0 Å². The van der Waals surface area contributed by atoms with Crippen LogP contribution >= 0.6 is 0 Å². The first-order valence-corrected chi connectivity index (χ1v) is 4.07. The van der Waals surface area contributed by atoms with E-state index in [4.69, 9.17) is 15.7 Å². The molecule has 2 aliphatic rings. The lowest BCUT2D eigenvalue weighted by molar-refractivity contribution is 0.206. The van der Waals surface area contributed by atoms with Crippen molar-refractivity contribution < 1.29 is 9.84 Å². The van der Waals surface area contributed by atoms with Crippen molar-refractivity contribution in [3.63, 3.8) is 0 Å². The van der Waals surface area contributed by atoms with Crippen LogP contribution in [0.5, 0.6) is 0 Å². The maximum atomic E-state index is 9.21. The smallest absolute Gasteiger partial charge is 0.146 e. The Kier molecular flexibility index (Phi) is 1.79. The molecular weight excluding hydrogens is 180 g/mol. The predicted molar refractivity (Wildman–Crippen MR) is 49.6 cm³/mol. The Morgan fingerprint density at radius 1 is 1.50 bits per heavy atom. The van der Waals surface area contributed by atoms with Gasteiger partial charge in [-0.2, -0.15) is 5.26 Å². The molecule has 1 atom stereocenters. The van der Waals surface area contributed by atoms with Crippen molar-refractivity contribution in [3.05, 3.63) is 47.1 Å². The Balaban J connectivity index is 2.50. The lowest BCUT2D eigenvalue weighted by Gasteiger charge is -2.23. The molecule has 0 unspecified atom stereocenters. The summed E-state index contributed by atoms with van der Waals surface area (Å²) in [4.78, 5) is 0. The van der Waals surface area contributed by atoms with E-state index in [-0.39, 0.29) is 5.76 Å². The number of nitrogens with two attached hydrogens (primary N) is 1. The quantitative estimate of drug-likeness (QED) is 0.594. The Hall–Kier alpha value is -2.15. The van der Waals surface area contributed by atoms with Crippen LogP contribution < -0.4 is 5.73 Å². The highest BCUT2D eigenvalue weighted by Crippen LogP contribution is 2.27. The number of hydrogen-bond donors (Lipinski definition) is 2. The van der Waals surface area contributed by atoms with E-state index in [1.807, 2.05) is 6.07 Å². The number of aliphatic hydroxyl groups is 1. The molecule has 1 heterocycles. The van der Waals surface area contributed by atoms with Gasteiger partial charge in [-0.15, -0.1) is 0 Å². The topological polar surface area (TPSA) is 79.3 Å². The Morgan fingerprint density at radius 3 is 3.00 bits per heavy atom. The molecular formula is C10H8N2O2. The molecule has 2 rings (SSSR count). The maximum absolute atomic E-state index is 9.21. The molecule has 0 saturated carbocycles. The minimum atomic E-state index is -0.401. The summed E-state index contributed by atoms with van der Waals surface area (Å²) >= 11 is 0. The fraction of sp³-hybridized carbons (Fsp3) is 0.100. The largest absolute Gasteiger partial charge is 0.508 e. The van der Waals surface area contributed by atoms with Crippen LogP contribution in [0.1, 0.15) is 0 Å². The van der Waals surface area contributed by atoms with Gasteiger partial charge in [-0.05, 0) is 12.2 Å². The molecule has 0 aromatic rings. The van der Waals surface area contributed by atoms with Crippen molar-refractivity contribution in [2.75, 3.05) is 0 Å². The van der Waals surface area contributed by atoms with Gasteiger partial charge in [-0.3, -0.25) is 0 Å². The minimum absolute atomic E-state index is 0.130. The molecule has 0 radical (unpaired) electrons. The number of allylic oxidation sites excluding steroid dienone is 2. The molecule has 1 aliphatic carbocycles. The number of nitriles is 1. The van der Waals surface area contributed by atoms with Crippen LogP contribution in [-0.2, 0) is 4.74 Å². The molecule has 70 valence electrons. The highest BCUT2D eigenvalue weighted by atomic mass is 16.5. The van der Waals surface area contributed by atoms with Gasteiger partial charge >= 0.3 is 0 Å². The van der Waals surface area contributed by atoms with Gasteiger partial charge < -0.3 is 15.6 Å². The summed E-state index contributed by atoms with van der Waals surface area (Å²) in [6.07, 6.45) is 5.59. The molecule has 4 nitrogen and oxygen atoms in total. The number of aliphatic hydroxyl groups excluding tert-OH is 1. The van der Waals surface area contributed by atoms with E-state index < -0.39 is 6.10 Å². The third-order valence-corrected chi connectivity index (χ3v) is 2.09. The molecule has 0 spiro atoms. The molecule has 0 aromatic carbocycles. The molecule has 14 heavy (non-hydrogen) atoms. The summed E-state index contributed by atoms with van der Waals surface area (Å²) in [6.45, 7) is 0. The number of hydrogen-bond acceptors (Lipinski definition) is 4. The van der Waals surface area contributed by atoms with E-state index in [1.54, 1.807) is 6.08 Å². The van der Waals surface area contributed by atoms with E-state index >= 15 is 0 Å². The van der Waals surface area contributed by atoms with Crippen molar-refractivity contribution in [3.8, 4) is 6.07 Å². The second-order valence-electron chi connectivity index (χ2n) is 3.00. The molecule has 0 saturated heterocycles. The highest BCUT2D eigenvalue weighted by Gasteiger charge is 2.24. The van der Waals surface area contributed by atoms with Crippen LogP contribution in [-0.4, -0.2) is 11.2 Å². The lowest BCUT2D eigenvalue weighted by atomic mass is 9.95. The Labute approximate surface area is 80.9 Å². The van der Waals surface area contributed by atoms with Crippen molar-refractivity contribution in [2.24, 2.45) is 5.73 Å². The second-order valence-corrected chi connectivity index (χ2v) is 3.00. The average molecular weight is 188 g/mol. The monoisotopic (exact) mass is 188 g/mol. The second kappa shape index (κ2) is 2.96. The molecule has 0 aromatic heterocycles. The summed E-state index contributed by atoms with van der Waals surface area (Å²) in [6, 6.07) is 2.01. The van der Waals surface area contributed by atoms with Gasteiger partial charge in [0.05, 0.1) is 11.3 Å². The molecule has 0 bridgehead atoms. The van der Waals surface area contributed by atoms with Crippen LogP contribution in [0.15, 0.2) is 47.1 Å². The zero-order valence-electron chi connectivity index (χ0n) is 7.27. The number of fused-ring (bicyclic) bond motifs is 1. The van der Waals surface area contributed by atoms with Gasteiger partial charge in [0.25, 0.3) is 0 Å². The highest BCUT2D eigenvalue weighted by molar-refractivity contribution is 5.54. The van der Waals surface area contributed by atoms with Crippen LogP contribution in [0.3, 0.4) is 0 Å². The fourth-order valence-corrected chi connectivity index (χ4v) is 1.41. The SMILES string of the molecule is N#CC1=C2C=CC(O)=C[C@H]2OC=C1N. The normalized spacial score (nSPS) is 24.4. The molecule has 0 fully saturated rings. The summed E-state index contributed by atoms with van der Waals surface area (Å²) in [5, 5.41) is 18.1. The standard InChI is InChI=1S/C10H8N2O2/c11-4-8-7-2-1-6(13)3-10(7)14-5-9(8)12/h1-3,5,10,13H,12H2/t10-/m1/s1. The summed E-state index contributed by atoms with van der Waals surface area (Å²) in [7, 11) is 0. The Bertz CT molecular complexity index is 436. The number of nitrogens with zero attached hydrogens (tertiary/aromatic N) is 1. The van der Waals surface area contributed by atoms with Crippen molar-refractivity contribution in [1.29, 1.82) is 5.26 Å². The zero-order chi connectivity index (χ0) is 10.1. The van der Waals surface area contributed by atoms with Gasteiger partial charge in [0.1, 0.15) is 24.2 Å². The molecule has 4 heteroatoms. The first-order valence-electron chi connectivity index (χ1n) is 4.07. The Morgan fingerprint density at radius 2 is 2.29 bits per heavy atom. The van der Waals surface area contributed by atoms with Gasteiger partial charge in [-0.1, -0.05) is 0 Å². The number of rotatable bonds is 0. The van der Waals surface area contributed by atoms with E-state index in [9.17, 15) is 5.11 Å². The summed E-state index contributed by atoms with van der Waals surface area (Å²) in [5.41, 5.74) is 6.98. The van der Waals surface area contributed by atoms with Gasteiger partial charge in [0, 0.05) is 11.6 Å². The average Bonchev–Trinajstić information content (AvgIpc) is 2.18. The van der Waals surface area contributed by atoms with E-state index in [1.165, 1.54) is 18.4 Å². The lowest BCUT2D eigenvalue weighted by Crippen LogP contribution is -2.21. The van der Waals surface area contributed by atoms with Gasteiger partial charge in [0.2, 0.25) is 0 Å². The summed E-state index contributed by atoms with van der Waals surface area (Å²) in [5.74, 6) is 0.130. The van der Waals surface area contributed by atoms with Gasteiger partial charge in [0.15, 0.2) is 0 Å². The van der Waals surface area contributed by atoms with E-state index in [0.29, 0.717) is 16.8 Å². The molecule has 1 aliphatic heterocycles. The zero-order valence-corrected chi connectivity index (χ0v) is 7.27. The van der Waals surface area contributed by atoms with Gasteiger partial charge in [-0.25, -0.2) is 0 Å². The molecule has 3 N–H and O–H groups in total. The third-order valence-electron chi connectivity index (χ3n) is 2.09. The van der Waals surface area contributed by atoms with E-state index in [0.717, 1.165) is 0 Å². The van der Waals surface area contributed by atoms with Crippen LogP contribution in [0.4, 0.5) is 0 Å². The number of ether oxygens (including phenoxy) is 1. The minimum Gasteiger partial charge on any atom is -0.508 e. The third kappa shape index (κ3) is 1.15. The van der Waals surface area contributed by atoms with Crippen LogP contribution in [0.2, 0.25) is 0 Å². The first kappa shape index (κ1) is 8.45.